The molecule has 3 aromatic carbocycles. The number of para-hydroxylation sites is 2. The zero-order valence-corrected chi connectivity index (χ0v) is 20.7. The van der Waals surface area contributed by atoms with E-state index in [0.717, 1.165) is 22.8 Å². The molecule has 0 N–H and O–H groups in total. The third-order valence-electron chi connectivity index (χ3n) is 6.12. The number of hydrogen-bond donors (Lipinski definition) is 0. The van der Waals surface area contributed by atoms with Crippen LogP contribution in [0.3, 0.4) is 0 Å². The lowest BCUT2D eigenvalue weighted by Gasteiger charge is -2.13. The van der Waals surface area contributed by atoms with E-state index in [1.807, 2.05) is 68.4 Å². The van der Waals surface area contributed by atoms with Crippen molar-refractivity contribution in [1.29, 1.82) is 0 Å². The number of Topliss-reactive ketones (excluding diaryl/α,β-unsaturated/α-hetero) is 1. The molecule has 2 aromatic heterocycles. The van der Waals surface area contributed by atoms with Crippen LogP contribution in [-0.4, -0.2) is 25.7 Å². The number of aromatic nitrogens is 3. The zero-order valence-electron chi connectivity index (χ0n) is 19.9. The fraction of sp³-hybridized carbons (Fsp3) is 0.138. The van der Waals surface area contributed by atoms with Gasteiger partial charge in [-0.2, -0.15) is 0 Å². The molecular formula is C29H25N3O2S. The maximum Gasteiger partial charge on any atom is 0.266 e. The maximum absolute atomic E-state index is 13.4. The summed E-state index contributed by atoms with van der Waals surface area (Å²) in [6.45, 7) is 6.04. The Hall–Kier alpha value is -3.90. The van der Waals surface area contributed by atoms with E-state index in [2.05, 4.69) is 35.8 Å². The summed E-state index contributed by atoms with van der Waals surface area (Å²) in [7, 11) is 0. The molecule has 0 atom stereocenters. The van der Waals surface area contributed by atoms with Crippen LogP contribution in [0.1, 0.15) is 27.3 Å². The Labute approximate surface area is 208 Å². The van der Waals surface area contributed by atoms with Gasteiger partial charge in [-0.05, 0) is 63.2 Å². The van der Waals surface area contributed by atoms with Crippen molar-refractivity contribution in [2.45, 2.75) is 25.9 Å². The van der Waals surface area contributed by atoms with Gasteiger partial charge in [-0.3, -0.25) is 14.2 Å². The SMILES string of the molecule is Cc1ccc(-n2c(C)cc(C(=O)CSc3nc4ccccc4c(=O)n3-c3ccccc3)c2C)cc1. The molecule has 35 heavy (non-hydrogen) atoms. The minimum atomic E-state index is -0.144. The van der Waals surface area contributed by atoms with Crippen LogP contribution in [0.25, 0.3) is 22.3 Å². The van der Waals surface area contributed by atoms with Gasteiger partial charge in [-0.1, -0.05) is 59.8 Å². The van der Waals surface area contributed by atoms with Crippen molar-refractivity contribution in [3.63, 3.8) is 0 Å². The minimum absolute atomic E-state index is 0.00322. The van der Waals surface area contributed by atoms with E-state index >= 15 is 0 Å². The predicted octanol–water partition coefficient (Wildman–Crippen LogP) is 6.08. The number of fused-ring (bicyclic) bond motifs is 1. The number of ketones is 1. The number of carbonyl (C=O) groups excluding carboxylic acids is 1. The second-order valence-electron chi connectivity index (χ2n) is 8.56. The van der Waals surface area contributed by atoms with Crippen LogP contribution < -0.4 is 5.56 Å². The van der Waals surface area contributed by atoms with Gasteiger partial charge >= 0.3 is 0 Å². The summed E-state index contributed by atoms with van der Waals surface area (Å²) in [5.74, 6) is 0.180. The van der Waals surface area contributed by atoms with Gasteiger partial charge < -0.3 is 4.57 Å². The van der Waals surface area contributed by atoms with Crippen LogP contribution in [0, 0.1) is 20.8 Å². The van der Waals surface area contributed by atoms with Crippen molar-refractivity contribution >= 4 is 28.4 Å². The maximum atomic E-state index is 13.4. The summed E-state index contributed by atoms with van der Waals surface area (Å²) < 4.78 is 3.70. The normalized spacial score (nSPS) is 11.2. The van der Waals surface area contributed by atoms with Gasteiger partial charge in [0.1, 0.15) is 0 Å². The number of benzene rings is 3. The number of hydrogen-bond acceptors (Lipinski definition) is 4. The average Bonchev–Trinajstić information content (AvgIpc) is 3.17. The highest BCUT2D eigenvalue weighted by atomic mass is 32.2. The summed E-state index contributed by atoms with van der Waals surface area (Å²) in [5.41, 5.74) is 6.02. The highest BCUT2D eigenvalue weighted by Gasteiger charge is 2.19. The van der Waals surface area contributed by atoms with Gasteiger partial charge in [0, 0.05) is 22.6 Å². The smallest absolute Gasteiger partial charge is 0.266 e. The van der Waals surface area contributed by atoms with Crippen molar-refractivity contribution < 1.29 is 4.79 Å². The first-order valence-electron chi connectivity index (χ1n) is 11.4. The van der Waals surface area contributed by atoms with Gasteiger partial charge in [-0.25, -0.2) is 4.98 Å². The number of thioether (sulfide) groups is 1. The van der Waals surface area contributed by atoms with Crippen molar-refractivity contribution in [3.8, 4) is 11.4 Å². The molecule has 0 aliphatic rings. The topological polar surface area (TPSA) is 56.9 Å². The lowest BCUT2D eigenvalue weighted by atomic mass is 10.2. The van der Waals surface area contributed by atoms with Crippen LogP contribution in [0.15, 0.2) is 94.9 Å². The van der Waals surface area contributed by atoms with Gasteiger partial charge in [0.15, 0.2) is 10.9 Å². The third-order valence-corrected chi connectivity index (χ3v) is 7.05. The number of aryl methyl sites for hydroxylation is 2. The summed E-state index contributed by atoms with van der Waals surface area (Å²) in [5, 5.41) is 1.05. The predicted molar refractivity (Wildman–Crippen MR) is 142 cm³/mol. The highest BCUT2D eigenvalue weighted by Crippen LogP contribution is 2.26. The van der Waals surface area contributed by atoms with Crippen molar-refractivity contribution in [2.24, 2.45) is 0 Å². The van der Waals surface area contributed by atoms with Crippen LogP contribution in [0.2, 0.25) is 0 Å². The molecule has 0 aliphatic carbocycles. The van der Waals surface area contributed by atoms with Gasteiger partial charge in [0.2, 0.25) is 0 Å². The Morgan fingerprint density at radius 2 is 1.49 bits per heavy atom. The molecule has 0 aliphatic heterocycles. The number of carbonyl (C=O) groups is 1. The molecule has 0 radical (unpaired) electrons. The molecule has 174 valence electrons. The summed E-state index contributed by atoms with van der Waals surface area (Å²) in [4.78, 5) is 31.5. The lowest BCUT2D eigenvalue weighted by molar-refractivity contribution is 0.102. The fourth-order valence-electron chi connectivity index (χ4n) is 4.36. The molecule has 0 fully saturated rings. The van der Waals surface area contributed by atoms with Crippen LogP contribution in [0.4, 0.5) is 0 Å². The quantitative estimate of drug-likeness (QED) is 0.168. The first-order chi connectivity index (χ1) is 16.9. The zero-order chi connectivity index (χ0) is 24.5. The van der Waals surface area contributed by atoms with E-state index in [-0.39, 0.29) is 17.1 Å². The Balaban J connectivity index is 1.49. The first-order valence-corrected chi connectivity index (χ1v) is 12.4. The van der Waals surface area contributed by atoms with Gasteiger partial charge in [0.25, 0.3) is 5.56 Å². The monoisotopic (exact) mass is 479 g/mol. The molecule has 0 bridgehead atoms. The van der Waals surface area contributed by atoms with E-state index in [4.69, 9.17) is 4.98 Å². The molecule has 5 rings (SSSR count). The van der Waals surface area contributed by atoms with Gasteiger partial charge in [0.05, 0.1) is 22.3 Å². The van der Waals surface area contributed by atoms with E-state index < -0.39 is 0 Å². The third kappa shape index (κ3) is 4.33. The Morgan fingerprint density at radius 1 is 0.829 bits per heavy atom. The Kier molecular flexibility index (Phi) is 6.14. The molecule has 0 saturated carbocycles. The number of rotatable bonds is 6. The highest BCUT2D eigenvalue weighted by molar-refractivity contribution is 7.99. The summed E-state index contributed by atoms with van der Waals surface area (Å²) in [6.07, 6.45) is 0. The Bertz CT molecular complexity index is 1600. The minimum Gasteiger partial charge on any atom is -0.318 e. The molecule has 6 heteroatoms. The second-order valence-corrected chi connectivity index (χ2v) is 9.50. The van der Waals surface area contributed by atoms with Crippen molar-refractivity contribution in [1.82, 2.24) is 14.1 Å². The first kappa shape index (κ1) is 22.9. The van der Waals surface area contributed by atoms with Gasteiger partial charge in [-0.15, -0.1) is 0 Å². The van der Waals surface area contributed by atoms with Crippen LogP contribution in [0.5, 0.6) is 0 Å². The molecule has 0 unspecified atom stereocenters. The molecule has 5 nitrogen and oxygen atoms in total. The molecule has 0 amide bonds. The fourth-order valence-corrected chi connectivity index (χ4v) is 5.25. The van der Waals surface area contributed by atoms with Crippen molar-refractivity contribution in [3.05, 3.63) is 118 Å². The largest absolute Gasteiger partial charge is 0.318 e. The molecular weight excluding hydrogens is 454 g/mol. The van der Waals surface area contributed by atoms with E-state index in [1.165, 1.54) is 17.3 Å². The van der Waals surface area contributed by atoms with Crippen molar-refractivity contribution in [2.75, 3.05) is 5.75 Å². The molecule has 5 aromatic rings. The lowest BCUT2D eigenvalue weighted by Crippen LogP contribution is -2.22. The molecule has 0 saturated heterocycles. The van der Waals surface area contributed by atoms with E-state index in [1.54, 1.807) is 10.6 Å². The summed E-state index contributed by atoms with van der Waals surface area (Å²) in [6, 6.07) is 26.9. The summed E-state index contributed by atoms with van der Waals surface area (Å²) >= 11 is 1.29. The van der Waals surface area contributed by atoms with E-state index in [9.17, 15) is 9.59 Å². The van der Waals surface area contributed by atoms with Crippen LogP contribution in [-0.2, 0) is 0 Å². The standard InChI is InChI=1S/C29H25N3O2S/c1-19-13-15-23(16-14-19)31-20(2)17-25(21(31)3)27(33)18-35-29-30-26-12-8-7-11-24(26)28(34)32(29)22-9-5-4-6-10-22/h4-17H,18H2,1-3H3. The van der Waals surface area contributed by atoms with Crippen LogP contribution >= 0.6 is 11.8 Å². The average molecular weight is 480 g/mol. The Morgan fingerprint density at radius 3 is 2.23 bits per heavy atom. The molecule has 2 heterocycles. The number of nitrogens with zero attached hydrogens (tertiary/aromatic N) is 3. The molecule has 0 spiro atoms. The second kappa shape index (κ2) is 9.39. The van der Waals surface area contributed by atoms with E-state index in [0.29, 0.717) is 21.6 Å².